The van der Waals surface area contributed by atoms with Crippen molar-refractivity contribution < 1.29 is 12.8 Å². The summed E-state index contributed by atoms with van der Waals surface area (Å²) in [6.45, 7) is 2.43. The van der Waals surface area contributed by atoms with Crippen LogP contribution in [0.2, 0.25) is 0 Å². The highest BCUT2D eigenvalue weighted by Gasteiger charge is 2.24. The number of hydrogen-bond donors (Lipinski definition) is 2. The number of nitrogen functional groups attached to an aromatic ring is 1. The van der Waals surface area contributed by atoms with Gasteiger partial charge in [-0.25, -0.2) is 17.5 Å². The van der Waals surface area contributed by atoms with Crippen LogP contribution in [0.5, 0.6) is 0 Å². The Hall–Kier alpha value is -1.96. The van der Waals surface area contributed by atoms with Crippen LogP contribution in [0, 0.1) is 5.82 Å². The molecule has 0 unspecified atom stereocenters. The molecule has 5 nitrogen and oxygen atoms in total. The first-order valence-electron chi connectivity index (χ1n) is 8.27. The van der Waals surface area contributed by atoms with Crippen molar-refractivity contribution in [2.75, 3.05) is 18.8 Å². The van der Waals surface area contributed by atoms with Gasteiger partial charge in [0, 0.05) is 31.4 Å². The van der Waals surface area contributed by atoms with Gasteiger partial charge in [-0.15, -0.1) is 0 Å². The number of nitrogens with two attached hydrogens (primary N) is 1. The van der Waals surface area contributed by atoms with Gasteiger partial charge in [-0.2, -0.15) is 0 Å². The van der Waals surface area contributed by atoms with E-state index in [4.69, 9.17) is 5.73 Å². The molecule has 25 heavy (non-hydrogen) atoms. The van der Waals surface area contributed by atoms with Gasteiger partial charge >= 0.3 is 0 Å². The van der Waals surface area contributed by atoms with E-state index in [1.165, 1.54) is 12.1 Å². The second-order valence-electron chi connectivity index (χ2n) is 6.37. The van der Waals surface area contributed by atoms with Gasteiger partial charge in [0.05, 0.1) is 4.90 Å². The maximum atomic E-state index is 13.0. The average Bonchev–Trinajstić information content (AvgIpc) is 2.57. The van der Waals surface area contributed by atoms with Gasteiger partial charge in [-0.05, 0) is 54.8 Å². The molecule has 2 aromatic carbocycles. The maximum Gasteiger partial charge on any atom is 0.240 e. The van der Waals surface area contributed by atoms with Gasteiger partial charge in [0.1, 0.15) is 5.82 Å². The molecular weight excluding hydrogens is 341 g/mol. The molecule has 1 saturated heterocycles. The Labute approximate surface area is 147 Å². The van der Waals surface area contributed by atoms with Crippen LogP contribution in [0.15, 0.2) is 53.4 Å². The molecule has 3 rings (SSSR count). The SMILES string of the molecule is Nc1cccc(CN2CCC(NS(=O)(=O)c3ccc(F)cc3)CC2)c1. The van der Waals surface area contributed by atoms with E-state index in [0.717, 1.165) is 55.9 Å². The van der Waals surface area contributed by atoms with Crippen LogP contribution in [0.1, 0.15) is 18.4 Å². The lowest BCUT2D eigenvalue weighted by atomic mass is 10.1. The molecule has 3 N–H and O–H groups in total. The molecule has 0 amide bonds. The Morgan fingerprint density at radius 3 is 2.44 bits per heavy atom. The van der Waals surface area contributed by atoms with Crippen molar-refractivity contribution in [3.8, 4) is 0 Å². The number of piperidine rings is 1. The Balaban J connectivity index is 1.54. The fourth-order valence-corrected chi connectivity index (χ4v) is 4.36. The fourth-order valence-electron chi connectivity index (χ4n) is 3.06. The Morgan fingerprint density at radius 2 is 1.80 bits per heavy atom. The molecule has 1 aliphatic heterocycles. The minimum atomic E-state index is -3.61. The summed E-state index contributed by atoms with van der Waals surface area (Å²) in [5.41, 5.74) is 7.71. The lowest BCUT2D eigenvalue weighted by Gasteiger charge is -2.32. The molecule has 7 heteroatoms. The molecule has 1 aliphatic rings. The van der Waals surface area contributed by atoms with Crippen molar-refractivity contribution in [2.24, 2.45) is 0 Å². The van der Waals surface area contributed by atoms with E-state index >= 15 is 0 Å². The van der Waals surface area contributed by atoms with Crippen molar-refractivity contribution in [3.05, 3.63) is 59.9 Å². The smallest absolute Gasteiger partial charge is 0.240 e. The first-order valence-corrected chi connectivity index (χ1v) is 9.75. The number of rotatable bonds is 5. The summed E-state index contributed by atoms with van der Waals surface area (Å²) in [7, 11) is -3.61. The quantitative estimate of drug-likeness (QED) is 0.800. The summed E-state index contributed by atoms with van der Waals surface area (Å²) in [4.78, 5) is 2.38. The highest BCUT2D eigenvalue weighted by atomic mass is 32.2. The van der Waals surface area contributed by atoms with Gasteiger partial charge in [0.2, 0.25) is 10.0 Å². The minimum absolute atomic E-state index is 0.0936. The number of hydrogen-bond acceptors (Lipinski definition) is 4. The summed E-state index contributed by atoms with van der Waals surface area (Å²) in [6, 6.07) is 12.6. The number of anilines is 1. The van der Waals surface area contributed by atoms with E-state index in [0.29, 0.717) is 0 Å². The first kappa shape index (κ1) is 17.8. The molecule has 0 radical (unpaired) electrons. The number of benzene rings is 2. The van der Waals surface area contributed by atoms with E-state index in [1.54, 1.807) is 0 Å². The molecule has 1 heterocycles. The van der Waals surface area contributed by atoms with Gasteiger partial charge < -0.3 is 5.73 Å². The van der Waals surface area contributed by atoms with Crippen molar-refractivity contribution in [1.82, 2.24) is 9.62 Å². The second-order valence-corrected chi connectivity index (χ2v) is 8.08. The number of halogens is 1. The third kappa shape index (κ3) is 4.78. The highest BCUT2D eigenvalue weighted by molar-refractivity contribution is 7.89. The van der Waals surface area contributed by atoms with Crippen LogP contribution < -0.4 is 10.5 Å². The van der Waals surface area contributed by atoms with E-state index in [1.807, 2.05) is 24.3 Å². The summed E-state index contributed by atoms with van der Waals surface area (Å²) >= 11 is 0. The maximum absolute atomic E-state index is 13.0. The second kappa shape index (κ2) is 7.51. The molecule has 0 atom stereocenters. The molecule has 2 aromatic rings. The zero-order valence-electron chi connectivity index (χ0n) is 13.9. The zero-order chi connectivity index (χ0) is 17.9. The molecule has 0 saturated carbocycles. The minimum Gasteiger partial charge on any atom is -0.399 e. The van der Waals surface area contributed by atoms with Crippen molar-refractivity contribution in [2.45, 2.75) is 30.3 Å². The fraction of sp³-hybridized carbons (Fsp3) is 0.333. The van der Waals surface area contributed by atoms with Gasteiger partial charge in [0.15, 0.2) is 0 Å². The largest absolute Gasteiger partial charge is 0.399 e. The highest BCUT2D eigenvalue weighted by Crippen LogP contribution is 2.18. The zero-order valence-corrected chi connectivity index (χ0v) is 14.7. The third-order valence-electron chi connectivity index (χ3n) is 4.39. The van der Waals surface area contributed by atoms with Crippen LogP contribution in [-0.4, -0.2) is 32.4 Å². The summed E-state index contributed by atoms with van der Waals surface area (Å²) in [5, 5.41) is 0. The van der Waals surface area contributed by atoms with Crippen LogP contribution in [0.3, 0.4) is 0 Å². The summed E-state index contributed by atoms with van der Waals surface area (Å²) in [6.07, 6.45) is 1.48. The van der Waals surface area contributed by atoms with Crippen molar-refractivity contribution in [3.63, 3.8) is 0 Å². The molecule has 0 aliphatic carbocycles. The molecule has 1 fully saturated rings. The standard InChI is InChI=1S/C18H22FN3O2S/c19-15-4-6-18(7-5-15)25(23,24)21-17-8-10-22(11-9-17)13-14-2-1-3-16(20)12-14/h1-7,12,17,21H,8-11,13,20H2. The molecular formula is C18H22FN3O2S. The van der Waals surface area contributed by atoms with Gasteiger partial charge in [-0.1, -0.05) is 12.1 Å². The Kier molecular flexibility index (Phi) is 5.36. The van der Waals surface area contributed by atoms with Gasteiger partial charge in [-0.3, -0.25) is 4.90 Å². The normalized spacial score (nSPS) is 16.8. The number of nitrogens with one attached hydrogen (secondary N) is 1. The van der Waals surface area contributed by atoms with Crippen molar-refractivity contribution in [1.29, 1.82) is 0 Å². The van der Waals surface area contributed by atoms with Crippen LogP contribution in [0.4, 0.5) is 10.1 Å². The summed E-state index contributed by atoms with van der Waals surface area (Å²) < 4.78 is 40.4. The predicted molar refractivity (Wildman–Crippen MR) is 95.9 cm³/mol. The number of nitrogens with zero attached hydrogens (tertiary/aromatic N) is 1. The monoisotopic (exact) mass is 363 g/mol. The van der Waals surface area contributed by atoms with E-state index in [-0.39, 0.29) is 10.9 Å². The lowest BCUT2D eigenvalue weighted by molar-refractivity contribution is 0.200. The van der Waals surface area contributed by atoms with Crippen LogP contribution in [0.25, 0.3) is 0 Å². The third-order valence-corrected chi connectivity index (χ3v) is 5.93. The molecule has 0 aromatic heterocycles. The molecule has 0 spiro atoms. The predicted octanol–water partition coefficient (Wildman–Crippen LogP) is 2.35. The lowest BCUT2D eigenvalue weighted by Crippen LogP contribution is -2.44. The van der Waals surface area contributed by atoms with Crippen LogP contribution in [-0.2, 0) is 16.6 Å². The average molecular weight is 363 g/mol. The summed E-state index contributed by atoms with van der Waals surface area (Å²) in [5.74, 6) is -0.450. The van der Waals surface area contributed by atoms with Gasteiger partial charge in [0.25, 0.3) is 0 Å². The van der Waals surface area contributed by atoms with E-state index in [2.05, 4.69) is 9.62 Å². The van der Waals surface area contributed by atoms with Crippen LogP contribution >= 0.6 is 0 Å². The number of sulfonamides is 1. The Morgan fingerprint density at radius 1 is 1.12 bits per heavy atom. The van der Waals surface area contributed by atoms with Crippen molar-refractivity contribution >= 4 is 15.7 Å². The Bertz CT molecular complexity index is 816. The number of likely N-dealkylation sites (tertiary alicyclic amines) is 1. The first-order chi connectivity index (χ1) is 11.9. The molecule has 0 bridgehead atoms. The van der Waals surface area contributed by atoms with E-state index in [9.17, 15) is 12.8 Å². The molecule has 134 valence electrons. The topological polar surface area (TPSA) is 75.4 Å². The van der Waals surface area contributed by atoms with E-state index < -0.39 is 15.8 Å².